The zero-order chi connectivity index (χ0) is 8.20. The van der Waals surface area contributed by atoms with Crippen LogP contribution in [0.2, 0.25) is 0 Å². The fraction of sp³-hybridized carbons (Fsp3) is 0.625. The molecule has 10 heavy (non-hydrogen) atoms. The van der Waals surface area contributed by atoms with E-state index in [0.717, 1.165) is 0 Å². The van der Waals surface area contributed by atoms with Crippen LogP contribution in [0.3, 0.4) is 0 Å². The van der Waals surface area contributed by atoms with E-state index in [1.54, 1.807) is 11.0 Å². The summed E-state index contributed by atoms with van der Waals surface area (Å²) in [5.41, 5.74) is -0.0804. The van der Waals surface area contributed by atoms with Crippen molar-refractivity contribution >= 4 is 0 Å². The predicted octanol–water partition coefficient (Wildman–Crippen LogP) is 1.75. The highest BCUT2D eigenvalue weighted by atomic mass is 15.2. The van der Waals surface area contributed by atoms with Crippen LogP contribution in [0.4, 0.5) is 0 Å². The van der Waals surface area contributed by atoms with Crippen LogP contribution in [0.5, 0.6) is 0 Å². The van der Waals surface area contributed by atoms with E-state index in [2.05, 4.69) is 12.8 Å². The van der Waals surface area contributed by atoms with Crippen LogP contribution in [0.15, 0.2) is 12.7 Å². The minimum absolute atomic E-state index is 0.0804. The Morgan fingerprint density at radius 1 is 1.60 bits per heavy atom. The molecule has 56 valence electrons. The summed E-state index contributed by atoms with van der Waals surface area (Å²) < 4.78 is 0. The molecule has 0 aromatic rings. The third kappa shape index (κ3) is 2.54. The fourth-order valence-electron chi connectivity index (χ4n) is 0.594. The molecular weight excluding hydrogens is 124 g/mol. The Morgan fingerprint density at radius 3 is 2.20 bits per heavy atom. The largest absolute Gasteiger partial charge is 0.302 e. The smallest absolute Gasteiger partial charge is 0.180 e. The van der Waals surface area contributed by atoms with Gasteiger partial charge in [0.15, 0.2) is 6.19 Å². The third-order valence-electron chi connectivity index (χ3n) is 1.24. The summed E-state index contributed by atoms with van der Waals surface area (Å²) in [6, 6.07) is 0. The molecule has 0 aromatic heterocycles. The molecule has 0 aliphatic rings. The van der Waals surface area contributed by atoms with Crippen molar-refractivity contribution in [2.75, 3.05) is 6.54 Å². The van der Waals surface area contributed by atoms with Crippen molar-refractivity contribution in [3.05, 3.63) is 12.7 Å². The van der Waals surface area contributed by atoms with E-state index >= 15 is 0 Å². The topological polar surface area (TPSA) is 27.0 Å². The maximum Gasteiger partial charge on any atom is 0.180 e. The molecule has 0 saturated heterocycles. The molecule has 0 bridgehead atoms. The molecule has 0 aliphatic heterocycles. The van der Waals surface area contributed by atoms with Crippen LogP contribution in [0.25, 0.3) is 0 Å². The van der Waals surface area contributed by atoms with Crippen LogP contribution in [-0.2, 0) is 0 Å². The van der Waals surface area contributed by atoms with Gasteiger partial charge in [0.2, 0.25) is 0 Å². The molecular formula is C8H14N2. The van der Waals surface area contributed by atoms with Gasteiger partial charge in [-0.15, -0.1) is 6.58 Å². The molecule has 2 nitrogen and oxygen atoms in total. The summed E-state index contributed by atoms with van der Waals surface area (Å²) in [7, 11) is 0. The third-order valence-corrected chi connectivity index (χ3v) is 1.24. The van der Waals surface area contributed by atoms with E-state index < -0.39 is 0 Å². The van der Waals surface area contributed by atoms with Gasteiger partial charge in [0.25, 0.3) is 0 Å². The highest BCUT2D eigenvalue weighted by molar-refractivity contribution is 4.90. The van der Waals surface area contributed by atoms with Gasteiger partial charge in [0, 0.05) is 12.1 Å². The lowest BCUT2D eigenvalue weighted by molar-refractivity contribution is 0.238. The second kappa shape index (κ2) is 3.26. The molecule has 0 aliphatic carbocycles. The lowest BCUT2D eigenvalue weighted by Gasteiger charge is -2.29. The first-order valence-electron chi connectivity index (χ1n) is 3.30. The van der Waals surface area contributed by atoms with E-state index in [4.69, 9.17) is 5.26 Å². The molecule has 0 spiro atoms. The number of nitriles is 1. The Labute approximate surface area is 62.8 Å². The number of rotatable bonds is 2. The van der Waals surface area contributed by atoms with Gasteiger partial charge in [-0.1, -0.05) is 6.08 Å². The standard InChI is InChI=1S/C8H14N2/c1-5-6-10(7-9)8(2,3)4/h5H,1,6H2,2-4H3. The van der Waals surface area contributed by atoms with E-state index in [9.17, 15) is 0 Å². The molecule has 0 rings (SSSR count). The lowest BCUT2D eigenvalue weighted by atomic mass is 10.1. The van der Waals surface area contributed by atoms with E-state index in [1.165, 1.54) is 0 Å². The van der Waals surface area contributed by atoms with Crippen molar-refractivity contribution in [2.24, 2.45) is 0 Å². The van der Waals surface area contributed by atoms with Gasteiger partial charge >= 0.3 is 0 Å². The zero-order valence-electron chi connectivity index (χ0n) is 6.89. The zero-order valence-corrected chi connectivity index (χ0v) is 6.89. The number of hydrogen-bond donors (Lipinski definition) is 0. The Morgan fingerprint density at radius 2 is 2.10 bits per heavy atom. The van der Waals surface area contributed by atoms with Crippen molar-refractivity contribution < 1.29 is 0 Å². The van der Waals surface area contributed by atoms with Crippen LogP contribution in [0, 0.1) is 11.5 Å². The number of nitrogens with zero attached hydrogens (tertiary/aromatic N) is 2. The van der Waals surface area contributed by atoms with Gasteiger partial charge in [-0.2, -0.15) is 5.26 Å². The van der Waals surface area contributed by atoms with Crippen molar-refractivity contribution in [3.63, 3.8) is 0 Å². The minimum Gasteiger partial charge on any atom is -0.302 e. The summed E-state index contributed by atoms with van der Waals surface area (Å²) in [5.74, 6) is 0. The van der Waals surface area contributed by atoms with Crippen molar-refractivity contribution in [1.29, 1.82) is 5.26 Å². The van der Waals surface area contributed by atoms with Gasteiger partial charge in [-0.05, 0) is 20.8 Å². The maximum absolute atomic E-state index is 8.62. The summed E-state index contributed by atoms with van der Waals surface area (Å²) >= 11 is 0. The van der Waals surface area contributed by atoms with Crippen molar-refractivity contribution in [3.8, 4) is 6.19 Å². The summed E-state index contributed by atoms with van der Waals surface area (Å²) in [6.07, 6.45) is 3.84. The Kier molecular flexibility index (Phi) is 2.95. The van der Waals surface area contributed by atoms with Gasteiger partial charge in [-0.25, -0.2) is 0 Å². The Bertz CT molecular complexity index is 148. The van der Waals surface area contributed by atoms with Crippen molar-refractivity contribution in [1.82, 2.24) is 4.90 Å². The molecule has 0 N–H and O–H groups in total. The molecule has 2 heteroatoms. The molecule has 0 unspecified atom stereocenters. The predicted molar refractivity (Wildman–Crippen MR) is 42.3 cm³/mol. The summed E-state index contributed by atoms with van der Waals surface area (Å²) in [5, 5.41) is 8.62. The average molecular weight is 138 g/mol. The highest BCUT2D eigenvalue weighted by Crippen LogP contribution is 2.10. The molecule has 0 radical (unpaired) electrons. The molecule has 0 fully saturated rings. The lowest BCUT2D eigenvalue weighted by Crippen LogP contribution is -2.37. The Balaban J connectivity index is 4.10. The monoisotopic (exact) mass is 138 g/mol. The SMILES string of the molecule is C=CCN(C#N)C(C)(C)C. The van der Waals surface area contributed by atoms with E-state index in [0.29, 0.717) is 6.54 Å². The van der Waals surface area contributed by atoms with Gasteiger partial charge in [0.05, 0.1) is 0 Å². The van der Waals surface area contributed by atoms with Crippen LogP contribution in [-0.4, -0.2) is 17.0 Å². The second-order valence-corrected chi connectivity index (χ2v) is 3.17. The molecule has 0 saturated carbocycles. The molecule has 0 amide bonds. The molecule has 0 atom stereocenters. The maximum atomic E-state index is 8.62. The van der Waals surface area contributed by atoms with Gasteiger partial charge < -0.3 is 4.90 Å². The average Bonchev–Trinajstić information content (AvgIpc) is 1.80. The van der Waals surface area contributed by atoms with Gasteiger partial charge in [0.1, 0.15) is 0 Å². The van der Waals surface area contributed by atoms with Crippen LogP contribution < -0.4 is 0 Å². The van der Waals surface area contributed by atoms with Crippen LogP contribution in [0.1, 0.15) is 20.8 Å². The van der Waals surface area contributed by atoms with E-state index in [1.807, 2.05) is 20.8 Å². The first-order valence-corrected chi connectivity index (χ1v) is 3.30. The molecule has 0 aromatic carbocycles. The first kappa shape index (κ1) is 9.03. The quantitative estimate of drug-likeness (QED) is 0.330. The van der Waals surface area contributed by atoms with Crippen molar-refractivity contribution in [2.45, 2.75) is 26.3 Å². The first-order chi connectivity index (χ1) is 4.52. The fourth-order valence-corrected chi connectivity index (χ4v) is 0.594. The van der Waals surface area contributed by atoms with Crippen LogP contribution >= 0.6 is 0 Å². The minimum atomic E-state index is -0.0804. The molecule has 0 heterocycles. The summed E-state index contributed by atoms with van der Waals surface area (Å²) in [4.78, 5) is 1.68. The van der Waals surface area contributed by atoms with Gasteiger partial charge in [-0.3, -0.25) is 0 Å². The summed E-state index contributed by atoms with van der Waals surface area (Å²) in [6.45, 7) is 10.2. The second-order valence-electron chi connectivity index (χ2n) is 3.17. The highest BCUT2D eigenvalue weighted by Gasteiger charge is 2.17. The van der Waals surface area contributed by atoms with E-state index in [-0.39, 0.29) is 5.54 Å². The normalized spacial score (nSPS) is 10.2. The Hall–Kier alpha value is -0.970. The number of hydrogen-bond acceptors (Lipinski definition) is 2.